The van der Waals surface area contributed by atoms with Gasteiger partial charge in [-0.2, -0.15) is 5.10 Å². The molecule has 20 heavy (non-hydrogen) atoms. The van der Waals surface area contributed by atoms with Crippen LogP contribution in [0.2, 0.25) is 0 Å². The van der Waals surface area contributed by atoms with Crippen molar-refractivity contribution in [3.05, 3.63) is 35.0 Å². The summed E-state index contributed by atoms with van der Waals surface area (Å²) in [5.74, 6) is 0.897. The Balaban J connectivity index is 1.82. The van der Waals surface area contributed by atoms with Gasteiger partial charge >= 0.3 is 0 Å². The average Bonchev–Trinajstić information content (AvgIpc) is 2.95. The summed E-state index contributed by atoms with van der Waals surface area (Å²) in [6.45, 7) is 9.96. The molecule has 110 valence electrons. The molecule has 2 aromatic rings. The van der Waals surface area contributed by atoms with E-state index in [-0.39, 0.29) is 0 Å². The maximum atomic E-state index is 5.31. The normalized spacial score (nSPS) is 12.8. The quantitative estimate of drug-likeness (QED) is 0.844. The smallest absolute Gasteiger partial charge is 0.150 e. The van der Waals surface area contributed by atoms with Gasteiger partial charge in [0.25, 0.3) is 0 Å². The lowest BCUT2D eigenvalue weighted by Crippen LogP contribution is -2.30. The molecule has 2 heterocycles. The largest absolute Gasteiger partial charge is 0.360 e. The predicted molar refractivity (Wildman–Crippen MR) is 78.5 cm³/mol. The van der Waals surface area contributed by atoms with E-state index in [0.717, 1.165) is 36.5 Å². The molecule has 5 nitrogen and oxygen atoms in total. The third kappa shape index (κ3) is 3.93. The van der Waals surface area contributed by atoms with Crippen molar-refractivity contribution in [2.75, 3.05) is 0 Å². The number of hydrogen-bond acceptors (Lipinski definition) is 4. The van der Waals surface area contributed by atoms with Crippen molar-refractivity contribution in [3.63, 3.8) is 0 Å². The number of aryl methyl sites for hydroxylation is 3. The molecule has 0 saturated carbocycles. The molecule has 0 fully saturated rings. The van der Waals surface area contributed by atoms with Crippen molar-refractivity contribution in [2.24, 2.45) is 0 Å². The van der Waals surface area contributed by atoms with Crippen LogP contribution in [0.25, 0.3) is 0 Å². The zero-order chi connectivity index (χ0) is 14.5. The van der Waals surface area contributed by atoms with Crippen LogP contribution in [0.4, 0.5) is 0 Å². The Bertz CT molecular complexity index is 544. The molecule has 0 unspecified atom stereocenters. The Morgan fingerprint density at radius 2 is 2.15 bits per heavy atom. The summed E-state index contributed by atoms with van der Waals surface area (Å²) in [5, 5.41) is 12.0. The lowest BCUT2D eigenvalue weighted by atomic mass is 10.2. The van der Waals surface area contributed by atoms with Crippen LogP contribution >= 0.6 is 0 Å². The molecule has 0 aliphatic carbocycles. The van der Waals surface area contributed by atoms with E-state index in [1.807, 2.05) is 17.7 Å². The van der Waals surface area contributed by atoms with Gasteiger partial charge in [0.2, 0.25) is 0 Å². The molecule has 0 bridgehead atoms. The highest BCUT2D eigenvalue weighted by atomic mass is 16.5. The molecule has 0 amide bonds. The van der Waals surface area contributed by atoms with E-state index in [1.165, 1.54) is 5.69 Å². The van der Waals surface area contributed by atoms with E-state index in [0.29, 0.717) is 12.6 Å². The second-order valence-electron chi connectivity index (χ2n) is 5.43. The molecular formula is C15H24N4O. The van der Waals surface area contributed by atoms with Crippen LogP contribution < -0.4 is 5.32 Å². The van der Waals surface area contributed by atoms with Gasteiger partial charge in [0, 0.05) is 17.8 Å². The molecule has 0 radical (unpaired) electrons. The van der Waals surface area contributed by atoms with Gasteiger partial charge < -0.3 is 9.84 Å². The molecule has 0 aliphatic rings. The second kappa shape index (κ2) is 6.70. The zero-order valence-electron chi connectivity index (χ0n) is 12.8. The first-order valence-corrected chi connectivity index (χ1v) is 7.27. The van der Waals surface area contributed by atoms with Gasteiger partial charge in [-0.05, 0) is 33.3 Å². The van der Waals surface area contributed by atoms with E-state index in [4.69, 9.17) is 4.52 Å². The summed E-state index contributed by atoms with van der Waals surface area (Å²) < 4.78 is 7.35. The van der Waals surface area contributed by atoms with Gasteiger partial charge in [0.15, 0.2) is 5.76 Å². The van der Waals surface area contributed by atoms with Gasteiger partial charge in [0.1, 0.15) is 0 Å². The summed E-state index contributed by atoms with van der Waals surface area (Å²) in [7, 11) is 0. The Morgan fingerprint density at radius 1 is 1.35 bits per heavy atom. The number of hydrogen-bond donors (Lipinski definition) is 1. The van der Waals surface area contributed by atoms with Crippen molar-refractivity contribution >= 4 is 0 Å². The van der Waals surface area contributed by atoms with E-state index >= 15 is 0 Å². The van der Waals surface area contributed by atoms with E-state index < -0.39 is 0 Å². The minimum absolute atomic E-state index is 0.327. The third-order valence-electron chi connectivity index (χ3n) is 3.29. The first-order valence-electron chi connectivity index (χ1n) is 7.27. The van der Waals surface area contributed by atoms with Crippen LogP contribution in [-0.2, 0) is 19.5 Å². The predicted octanol–water partition coefficient (Wildman–Crippen LogP) is 2.62. The van der Waals surface area contributed by atoms with Crippen molar-refractivity contribution < 1.29 is 4.52 Å². The Labute approximate surface area is 120 Å². The summed E-state index contributed by atoms with van der Waals surface area (Å²) in [5.41, 5.74) is 3.30. The number of aromatic nitrogens is 3. The zero-order valence-corrected chi connectivity index (χ0v) is 12.8. The van der Waals surface area contributed by atoms with Gasteiger partial charge in [0.05, 0.1) is 24.5 Å². The SMILES string of the molecule is CCCc1cc(CN[C@H](C)Cn2nc(C)cc2C)on1. The van der Waals surface area contributed by atoms with Crippen LogP contribution in [0, 0.1) is 13.8 Å². The minimum Gasteiger partial charge on any atom is -0.360 e. The number of rotatable bonds is 7. The molecule has 0 aliphatic heterocycles. The van der Waals surface area contributed by atoms with Crippen LogP contribution in [0.15, 0.2) is 16.7 Å². The standard InChI is InChI=1S/C15H24N4O/c1-5-6-14-8-15(20-18-14)9-16-12(3)10-19-13(4)7-11(2)17-19/h7-8,12,16H,5-6,9-10H2,1-4H3/t12-/m1/s1. The molecule has 5 heteroatoms. The van der Waals surface area contributed by atoms with Gasteiger partial charge in [-0.1, -0.05) is 18.5 Å². The Morgan fingerprint density at radius 3 is 2.80 bits per heavy atom. The van der Waals surface area contributed by atoms with E-state index in [2.05, 4.69) is 42.4 Å². The third-order valence-corrected chi connectivity index (χ3v) is 3.29. The van der Waals surface area contributed by atoms with Crippen molar-refractivity contribution in [3.8, 4) is 0 Å². The first kappa shape index (κ1) is 14.8. The summed E-state index contributed by atoms with van der Waals surface area (Å²) >= 11 is 0. The molecule has 1 N–H and O–H groups in total. The average molecular weight is 276 g/mol. The molecule has 2 rings (SSSR count). The lowest BCUT2D eigenvalue weighted by molar-refractivity contribution is 0.351. The molecule has 1 atom stereocenters. The van der Waals surface area contributed by atoms with Gasteiger partial charge in [-0.15, -0.1) is 0 Å². The van der Waals surface area contributed by atoms with Crippen LogP contribution in [0.3, 0.4) is 0 Å². The highest BCUT2D eigenvalue weighted by molar-refractivity contribution is 5.07. The minimum atomic E-state index is 0.327. The van der Waals surface area contributed by atoms with Crippen molar-refractivity contribution in [1.82, 2.24) is 20.3 Å². The molecule has 0 saturated heterocycles. The van der Waals surface area contributed by atoms with E-state index in [9.17, 15) is 0 Å². The van der Waals surface area contributed by atoms with Crippen LogP contribution in [-0.4, -0.2) is 21.0 Å². The first-order chi connectivity index (χ1) is 9.58. The topological polar surface area (TPSA) is 55.9 Å². The Hall–Kier alpha value is -1.62. The highest BCUT2D eigenvalue weighted by Crippen LogP contribution is 2.07. The fourth-order valence-electron chi connectivity index (χ4n) is 2.27. The number of nitrogens with one attached hydrogen (secondary N) is 1. The van der Waals surface area contributed by atoms with Crippen molar-refractivity contribution in [2.45, 2.75) is 59.7 Å². The van der Waals surface area contributed by atoms with Crippen LogP contribution in [0.1, 0.15) is 43.1 Å². The lowest BCUT2D eigenvalue weighted by Gasteiger charge is -2.13. The summed E-state index contributed by atoms with van der Waals surface area (Å²) in [6, 6.07) is 4.46. The highest BCUT2D eigenvalue weighted by Gasteiger charge is 2.09. The molecular weight excluding hydrogens is 252 g/mol. The maximum Gasteiger partial charge on any atom is 0.150 e. The maximum absolute atomic E-state index is 5.31. The van der Waals surface area contributed by atoms with Crippen LogP contribution in [0.5, 0.6) is 0 Å². The monoisotopic (exact) mass is 276 g/mol. The fraction of sp³-hybridized carbons (Fsp3) is 0.600. The molecule has 2 aromatic heterocycles. The number of nitrogens with zero attached hydrogens (tertiary/aromatic N) is 3. The molecule has 0 spiro atoms. The molecule has 0 aromatic carbocycles. The van der Waals surface area contributed by atoms with E-state index in [1.54, 1.807) is 0 Å². The summed E-state index contributed by atoms with van der Waals surface area (Å²) in [6.07, 6.45) is 2.07. The fourth-order valence-corrected chi connectivity index (χ4v) is 2.27. The van der Waals surface area contributed by atoms with Gasteiger partial charge in [-0.25, -0.2) is 0 Å². The Kier molecular flexibility index (Phi) is 4.95. The summed E-state index contributed by atoms with van der Waals surface area (Å²) in [4.78, 5) is 0. The second-order valence-corrected chi connectivity index (χ2v) is 5.43. The van der Waals surface area contributed by atoms with Crippen molar-refractivity contribution in [1.29, 1.82) is 0 Å². The van der Waals surface area contributed by atoms with Gasteiger partial charge in [-0.3, -0.25) is 4.68 Å².